The highest BCUT2D eigenvalue weighted by Crippen LogP contribution is 2.46. The monoisotopic (exact) mass is 253 g/mol. The molecule has 0 N–H and O–H groups in total. The van der Waals surface area contributed by atoms with E-state index < -0.39 is 0 Å². The first-order valence-electron chi connectivity index (χ1n) is 7.95. The van der Waals surface area contributed by atoms with Gasteiger partial charge in [0.1, 0.15) is 0 Å². The van der Waals surface area contributed by atoms with E-state index in [1.165, 1.54) is 19.5 Å². The molecule has 108 valence electrons. The average molecular weight is 253 g/mol. The van der Waals surface area contributed by atoms with Gasteiger partial charge in [-0.1, -0.05) is 34.6 Å². The molecule has 0 aromatic rings. The zero-order valence-electron chi connectivity index (χ0n) is 14.0. The highest BCUT2D eigenvalue weighted by atomic mass is 15.2. The van der Waals surface area contributed by atoms with E-state index in [1.807, 2.05) is 0 Å². The highest BCUT2D eigenvalue weighted by Gasteiger charge is 2.41. The van der Waals surface area contributed by atoms with Gasteiger partial charge in [-0.2, -0.15) is 0 Å². The molecule has 0 amide bonds. The van der Waals surface area contributed by atoms with Crippen molar-refractivity contribution in [1.29, 1.82) is 0 Å². The maximum absolute atomic E-state index is 2.63. The molecule has 0 aromatic heterocycles. The lowest BCUT2D eigenvalue weighted by molar-refractivity contribution is 0.124. The van der Waals surface area contributed by atoms with Crippen molar-refractivity contribution in [1.82, 2.24) is 4.90 Å². The lowest BCUT2D eigenvalue weighted by atomic mass is 9.86. The largest absolute Gasteiger partial charge is 0.299 e. The molecule has 1 aliphatic carbocycles. The summed E-state index contributed by atoms with van der Waals surface area (Å²) < 4.78 is 0. The molecule has 0 heterocycles. The van der Waals surface area contributed by atoms with Crippen LogP contribution in [0.2, 0.25) is 0 Å². The van der Waals surface area contributed by atoms with E-state index in [4.69, 9.17) is 0 Å². The summed E-state index contributed by atoms with van der Waals surface area (Å²) in [5.74, 6) is 4.51. The van der Waals surface area contributed by atoms with Crippen LogP contribution in [0.5, 0.6) is 0 Å². The van der Waals surface area contributed by atoms with Gasteiger partial charge in [0.15, 0.2) is 0 Å². The van der Waals surface area contributed by atoms with Crippen LogP contribution >= 0.6 is 0 Å². The molecule has 1 nitrogen and oxygen atoms in total. The fourth-order valence-electron chi connectivity index (χ4n) is 4.01. The Morgan fingerprint density at radius 1 is 0.833 bits per heavy atom. The van der Waals surface area contributed by atoms with Gasteiger partial charge in [-0.05, 0) is 69.9 Å². The third-order valence-corrected chi connectivity index (χ3v) is 5.90. The zero-order valence-corrected chi connectivity index (χ0v) is 14.0. The summed E-state index contributed by atoms with van der Waals surface area (Å²) >= 11 is 0. The van der Waals surface area contributed by atoms with Crippen molar-refractivity contribution >= 4 is 0 Å². The molecule has 4 unspecified atom stereocenters. The summed E-state index contributed by atoms with van der Waals surface area (Å²) in [6.45, 7) is 21.6. The Bertz CT molecular complexity index is 239. The van der Waals surface area contributed by atoms with E-state index in [-0.39, 0.29) is 0 Å². The molecule has 18 heavy (non-hydrogen) atoms. The molecular weight excluding hydrogens is 218 g/mol. The Labute approximate surface area is 115 Å². The van der Waals surface area contributed by atoms with E-state index in [0.29, 0.717) is 5.54 Å². The van der Waals surface area contributed by atoms with Crippen molar-refractivity contribution in [2.24, 2.45) is 29.6 Å². The molecule has 1 aliphatic rings. The van der Waals surface area contributed by atoms with Gasteiger partial charge in [0.05, 0.1) is 0 Å². The van der Waals surface area contributed by atoms with Crippen LogP contribution in [0.1, 0.15) is 61.8 Å². The van der Waals surface area contributed by atoms with Crippen LogP contribution in [0.3, 0.4) is 0 Å². The van der Waals surface area contributed by atoms with Gasteiger partial charge < -0.3 is 0 Å². The van der Waals surface area contributed by atoms with E-state index in [0.717, 1.165) is 29.6 Å². The maximum Gasteiger partial charge on any atom is 0.0124 e. The molecule has 0 bridgehead atoms. The third-order valence-electron chi connectivity index (χ3n) is 5.90. The quantitative estimate of drug-likeness (QED) is 0.703. The number of hydrogen-bond acceptors (Lipinski definition) is 1. The number of rotatable bonds is 4. The van der Waals surface area contributed by atoms with Crippen molar-refractivity contribution in [3.8, 4) is 0 Å². The smallest absolute Gasteiger partial charge is 0.0124 e. The molecule has 0 aromatic carbocycles. The molecule has 4 atom stereocenters. The Morgan fingerprint density at radius 2 is 1.28 bits per heavy atom. The summed E-state index contributed by atoms with van der Waals surface area (Å²) in [6, 6.07) is 0. The molecule has 1 heteroatoms. The summed E-state index contributed by atoms with van der Waals surface area (Å²) in [6.07, 6.45) is 1.38. The van der Waals surface area contributed by atoms with E-state index in [1.54, 1.807) is 0 Å². The topological polar surface area (TPSA) is 3.24 Å². The predicted octanol–water partition coefficient (Wildman–Crippen LogP) is 4.67. The fraction of sp³-hybridized carbons (Fsp3) is 1.00. The fourth-order valence-corrected chi connectivity index (χ4v) is 4.01. The molecule has 1 rings (SSSR count). The van der Waals surface area contributed by atoms with Crippen molar-refractivity contribution in [2.45, 2.75) is 67.3 Å². The second kappa shape index (κ2) is 5.94. The lowest BCUT2D eigenvalue weighted by Crippen LogP contribution is -2.42. The summed E-state index contributed by atoms with van der Waals surface area (Å²) in [5, 5.41) is 0. The third kappa shape index (κ3) is 3.29. The van der Waals surface area contributed by atoms with E-state index >= 15 is 0 Å². The zero-order chi connectivity index (χ0) is 14.1. The van der Waals surface area contributed by atoms with Crippen LogP contribution in [-0.4, -0.2) is 23.5 Å². The van der Waals surface area contributed by atoms with Crippen LogP contribution in [-0.2, 0) is 0 Å². The molecule has 0 saturated heterocycles. The van der Waals surface area contributed by atoms with Gasteiger partial charge >= 0.3 is 0 Å². The first kappa shape index (κ1) is 16.0. The van der Waals surface area contributed by atoms with Gasteiger partial charge in [0.25, 0.3) is 0 Å². The first-order valence-corrected chi connectivity index (χ1v) is 7.95. The van der Waals surface area contributed by atoms with Crippen LogP contribution in [0.25, 0.3) is 0 Å². The van der Waals surface area contributed by atoms with Crippen LogP contribution < -0.4 is 0 Å². The Kier molecular flexibility index (Phi) is 5.29. The first-order chi connectivity index (χ1) is 8.20. The van der Waals surface area contributed by atoms with Crippen LogP contribution in [0.15, 0.2) is 0 Å². The minimum atomic E-state index is 0.317. The Balaban J connectivity index is 2.58. The van der Waals surface area contributed by atoms with E-state index in [9.17, 15) is 0 Å². The predicted molar refractivity (Wildman–Crippen MR) is 81.8 cm³/mol. The molecule has 1 saturated carbocycles. The standard InChI is InChI=1S/C17H35N/c1-9-18(17(6,7)8)11-10-16-14(4)12(2)13(3)15(16)5/h12-16H,9-11H2,1-8H3. The van der Waals surface area contributed by atoms with Gasteiger partial charge in [-0.3, -0.25) is 4.90 Å². The van der Waals surface area contributed by atoms with Crippen molar-refractivity contribution in [3.63, 3.8) is 0 Å². The second-order valence-corrected chi connectivity index (χ2v) is 7.64. The van der Waals surface area contributed by atoms with Crippen LogP contribution in [0, 0.1) is 29.6 Å². The lowest BCUT2D eigenvalue weighted by Gasteiger charge is -2.36. The SMILES string of the molecule is CCN(CCC1C(C)C(C)C(C)C1C)C(C)(C)C. The number of nitrogens with zero attached hydrogens (tertiary/aromatic N) is 1. The molecular formula is C17H35N. The van der Waals surface area contributed by atoms with Gasteiger partial charge in [0, 0.05) is 5.54 Å². The van der Waals surface area contributed by atoms with E-state index in [2.05, 4.69) is 60.3 Å². The Morgan fingerprint density at radius 3 is 1.61 bits per heavy atom. The van der Waals surface area contributed by atoms with Gasteiger partial charge in [-0.25, -0.2) is 0 Å². The van der Waals surface area contributed by atoms with Gasteiger partial charge in [-0.15, -0.1) is 0 Å². The average Bonchev–Trinajstić information content (AvgIpc) is 2.45. The van der Waals surface area contributed by atoms with Crippen LogP contribution in [0.4, 0.5) is 0 Å². The molecule has 0 aliphatic heterocycles. The number of hydrogen-bond donors (Lipinski definition) is 0. The van der Waals surface area contributed by atoms with Gasteiger partial charge in [0.2, 0.25) is 0 Å². The van der Waals surface area contributed by atoms with Crippen molar-refractivity contribution in [2.75, 3.05) is 13.1 Å². The second-order valence-electron chi connectivity index (χ2n) is 7.64. The minimum Gasteiger partial charge on any atom is -0.299 e. The minimum absolute atomic E-state index is 0.317. The normalized spacial score (nSPS) is 37.5. The summed E-state index contributed by atoms with van der Waals surface area (Å²) in [4.78, 5) is 2.63. The molecule has 0 radical (unpaired) electrons. The Hall–Kier alpha value is -0.0400. The van der Waals surface area contributed by atoms with Crippen molar-refractivity contribution in [3.05, 3.63) is 0 Å². The summed E-state index contributed by atoms with van der Waals surface area (Å²) in [7, 11) is 0. The molecule has 0 spiro atoms. The van der Waals surface area contributed by atoms with Crippen molar-refractivity contribution < 1.29 is 0 Å². The summed E-state index contributed by atoms with van der Waals surface area (Å²) in [5.41, 5.74) is 0.317. The molecule has 1 fully saturated rings. The highest BCUT2D eigenvalue weighted by molar-refractivity contribution is 4.90. The maximum atomic E-state index is 2.63.